The van der Waals surface area contributed by atoms with E-state index in [1.807, 2.05) is 11.8 Å². The van der Waals surface area contributed by atoms with Gasteiger partial charge in [-0.3, -0.25) is 14.5 Å². The second-order valence-corrected chi connectivity index (χ2v) is 7.97. The largest absolute Gasteiger partial charge is 0.457 e. The fraction of sp³-hybridized carbons (Fsp3) is 0.333. The lowest BCUT2D eigenvalue weighted by molar-refractivity contribution is -0.126. The molecule has 1 aliphatic rings. The molecule has 3 rings (SSSR count). The van der Waals surface area contributed by atoms with E-state index in [0.29, 0.717) is 23.7 Å². The molecule has 2 aromatic rings. The molecule has 0 radical (unpaired) electrons. The molecule has 1 heterocycles. The number of rotatable bonds is 7. The van der Waals surface area contributed by atoms with Crippen LogP contribution in [0.25, 0.3) is 0 Å². The van der Waals surface area contributed by atoms with Crippen molar-refractivity contribution in [3.8, 4) is 11.5 Å². The third kappa shape index (κ3) is 6.76. The predicted molar refractivity (Wildman–Crippen MR) is 113 cm³/mol. The summed E-state index contributed by atoms with van der Waals surface area (Å²) in [7, 11) is 0. The number of benzene rings is 2. The Morgan fingerprint density at radius 3 is 2.28 bits per heavy atom. The first-order valence-electron chi connectivity index (χ1n) is 9.43. The Morgan fingerprint density at radius 2 is 1.66 bits per heavy atom. The zero-order valence-electron chi connectivity index (χ0n) is 16.2. The fourth-order valence-electron chi connectivity index (χ4n) is 2.81. The maximum atomic E-state index is 12.9. The van der Waals surface area contributed by atoms with E-state index in [1.165, 1.54) is 24.3 Å². The highest BCUT2D eigenvalue weighted by Gasteiger charge is 2.19. The Labute approximate surface area is 173 Å². The minimum Gasteiger partial charge on any atom is -0.457 e. The Balaban J connectivity index is 1.46. The SMILES string of the molecule is CC(NC(=O)CN1CCSCC1)C(=O)Nc1ccc(Oc2ccc(F)cc2)cc1. The molecule has 2 amide bonds. The number of carbonyl (C=O) groups is 2. The molecule has 6 nitrogen and oxygen atoms in total. The molecule has 0 saturated carbocycles. The van der Waals surface area contributed by atoms with Gasteiger partial charge < -0.3 is 15.4 Å². The first-order chi connectivity index (χ1) is 14.0. The van der Waals surface area contributed by atoms with Gasteiger partial charge in [-0.1, -0.05) is 0 Å². The number of nitrogens with one attached hydrogen (secondary N) is 2. The summed E-state index contributed by atoms with van der Waals surface area (Å²) >= 11 is 1.89. The van der Waals surface area contributed by atoms with Gasteiger partial charge in [-0.15, -0.1) is 0 Å². The Hall–Kier alpha value is -2.58. The van der Waals surface area contributed by atoms with Gasteiger partial charge in [0.25, 0.3) is 0 Å². The van der Waals surface area contributed by atoms with Gasteiger partial charge in [-0.25, -0.2) is 4.39 Å². The normalized spacial score (nSPS) is 15.4. The standard InChI is InChI=1S/C21H24FN3O3S/c1-15(23-20(26)14-25-10-12-29-13-11-25)21(27)24-17-4-8-19(9-5-17)28-18-6-2-16(22)3-7-18/h2-9,15H,10-14H2,1H3,(H,23,26)(H,24,27). The summed E-state index contributed by atoms with van der Waals surface area (Å²) < 4.78 is 18.6. The molecule has 1 aliphatic heterocycles. The molecule has 0 aliphatic carbocycles. The summed E-state index contributed by atoms with van der Waals surface area (Å²) in [6.45, 7) is 3.76. The molecule has 1 fully saturated rings. The number of nitrogens with zero attached hydrogens (tertiary/aromatic N) is 1. The van der Waals surface area contributed by atoms with Crippen molar-refractivity contribution in [3.63, 3.8) is 0 Å². The van der Waals surface area contributed by atoms with E-state index < -0.39 is 6.04 Å². The average Bonchev–Trinajstić information content (AvgIpc) is 2.71. The van der Waals surface area contributed by atoms with Crippen LogP contribution in [-0.2, 0) is 9.59 Å². The van der Waals surface area contributed by atoms with Gasteiger partial charge in [0.15, 0.2) is 0 Å². The number of hydrogen-bond donors (Lipinski definition) is 2. The number of hydrogen-bond acceptors (Lipinski definition) is 5. The van der Waals surface area contributed by atoms with E-state index in [-0.39, 0.29) is 17.6 Å². The highest BCUT2D eigenvalue weighted by molar-refractivity contribution is 7.99. The van der Waals surface area contributed by atoms with Crippen LogP contribution in [0.4, 0.5) is 10.1 Å². The number of carbonyl (C=O) groups excluding carboxylic acids is 2. The molecule has 29 heavy (non-hydrogen) atoms. The molecule has 154 valence electrons. The lowest BCUT2D eigenvalue weighted by atomic mass is 10.2. The van der Waals surface area contributed by atoms with Crippen molar-refractivity contribution < 1.29 is 18.7 Å². The molecule has 1 saturated heterocycles. The van der Waals surface area contributed by atoms with Crippen molar-refractivity contribution in [1.82, 2.24) is 10.2 Å². The molecule has 2 N–H and O–H groups in total. The number of ether oxygens (including phenoxy) is 1. The van der Waals surface area contributed by atoms with Crippen LogP contribution in [0.1, 0.15) is 6.92 Å². The number of halogens is 1. The van der Waals surface area contributed by atoms with Gasteiger partial charge in [-0.2, -0.15) is 11.8 Å². The van der Waals surface area contributed by atoms with Crippen molar-refractivity contribution >= 4 is 29.3 Å². The minimum atomic E-state index is -0.642. The molecular weight excluding hydrogens is 393 g/mol. The van der Waals surface area contributed by atoms with E-state index in [2.05, 4.69) is 15.5 Å². The zero-order valence-corrected chi connectivity index (χ0v) is 17.0. The van der Waals surface area contributed by atoms with Crippen LogP contribution in [0.2, 0.25) is 0 Å². The minimum absolute atomic E-state index is 0.150. The summed E-state index contributed by atoms with van der Waals surface area (Å²) in [6, 6.07) is 11.9. The second kappa shape index (κ2) is 10.3. The first kappa shape index (κ1) is 21.1. The zero-order chi connectivity index (χ0) is 20.6. The Morgan fingerprint density at radius 1 is 1.07 bits per heavy atom. The van der Waals surface area contributed by atoms with E-state index >= 15 is 0 Å². The monoisotopic (exact) mass is 417 g/mol. The first-order valence-corrected chi connectivity index (χ1v) is 10.6. The van der Waals surface area contributed by atoms with Crippen molar-refractivity contribution in [1.29, 1.82) is 0 Å². The molecule has 0 spiro atoms. The van der Waals surface area contributed by atoms with Crippen molar-refractivity contribution in [2.24, 2.45) is 0 Å². The Bertz CT molecular complexity index is 824. The van der Waals surface area contributed by atoms with Gasteiger partial charge in [-0.05, 0) is 55.5 Å². The predicted octanol–water partition coefficient (Wildman–Crippen LogP) is 3.11. The number of anilines is 1. The maximum Gasteiger partial charge on any atom is 0.246 e. The van der Waals surface area contributed by atoms with Crippen LogP contribution in [0.15, 0.2) is 48.5 Å². The highest BCUT2D eigenvalue weighted by Crippen LogP contribution is 2.23. The van der Waals surface area contributed by atoms with Gasteiger partial charge >= 0.3 is 0 Å². The summed E-state index contributed by atoms with van der Waals surface area (Å²) in [5.41, 5.74) is 0.593. The molecule has 1 unspecified atom stereocenters. The van der Waals surface area contributed by atoms with Gasteiger partial charge in [0.1, 0.15) is 23.4 Å². The molecule has 8 heteroatoms. The van der Waals surface area contributed by atoms with Crippen molar-refractivity contribution in [2.45, 2.75) is 13.0 Å². The molecular formula is C21H24FN3O3S. The number of thioether (sulfide) groups is 1. The smallest absolute Gasteiger partial charge is 0.246 e. The summed E-state index contributed by atoms with van der Waals surface area (Å²) in [5, 5.41) is 5.51. The quantitative estimate of drug-likeness (QED) is 0.724. The van der Waals surface area contributed by atoms with Crippen molar-refractivity contribution in [3.05, 3.63) is 54.3 Å². The third-order valence-corrected chi connectivity index (χ3v) is 5.36. The Kier molecular flexibility index (Phi) is 7.48. The van der Waals surface area contributed by atoms with Crippen LogP contribution >= 0.6 is 11.8 Å². The molecule has 0 bridgehead atoms. The van der Waals surface area contributed by atoms with Crippen LogP contribution in [0, 0.1) is 5.82 Å². The fourth-order valence-corrected chi connectivity index (χ4v) is 3.79. The second-order valence-electron chi connectivity index (χ2n) is 6.75. The summed E-state index contributed by atoms with van der Waals surface area (Å²) in [4.78, 5) is 26.6. The van der Waals surface area contributed by atoms with Crippen LogP contribution < -0.4 is 15.4 Å². The molecule has 2 aromatic carbocycles. The van der Waals surface area contributed by atoms with Gasteiger partial charge in [0.05, 0.1) is 6.54 Å². The average molecular weight is 418 g/mol. The summed E-state index contributed by atoms with van der Waals surface area (Å²) in [5.74, 6) is 2.38. The lowest BCUT2D eigenvalue weighted by Crippen LogP contribution is -2.47. The van der Waals surface area contributed by atoms with E-state index in [9.17, 15) is 14.0 Å². The third-order valence-electron chi connectivity index (χ3n) is 4.41. The van der Waals surface area contributed by atoms with E-state index in [1.54, 1.807) is 31.2 Å². The lowest BCUT2D eigenvalue weighted by Gasteiger charge is -2.26. The van der Waals surface area contributed by atoms with Crippen LogP contribution in [0.3, 0.4) is 0 Å². The van der Waals surface area contributed by atoms with E-state index in [0.717, 1.165) is 24.6 Å². The molecule has 1 atom stereocenters. The van der Waals surface area contributed by atoms with Crippen molar-refractivity contribution in [2.75, 3.05) is 36.5 Å². The molecule has 0 aromatic heterocycles. The van der Waals surface area contributed by atoms with E-state index in [4.69, 9.17) is 4.74 Å². The number of amides is 2. The summed E-state index contributed by atoms with van der Waals surface area (Å²) in [6.07, 6.45) is 0. The van der Waals surface area contributed by atoms with Crippen LogP contribution in [0.5, 0.6) is 11.5 Å². The maximum absolute atomic E-state index is 12.9. The van der Waals surface area contributed by atoms with Gasteiger partial charge in [0, 0.05) is 30.3 Å². The van der Waals surface area contributed by atoms with Crippen LogP contribution in [-0.4, -0.2) is 53.9 Å². The topological polar surface area (TPSA) is 70.7 Å². The van der Waals surface area contributed by atoms with Gasteiger partial charge in [0.2, 0.25) is 11.8 Å². The highest BCUT2D eigenvalue weighted by atomic mass is 32.2.